The molecule has 0 bridgehead atoms. The Bertz CT molecular complexity index is 337. The van der Waals surface area contributed by atoms with E-state index in [9.17, 15) is 18.0 Å². The lowest BCUT2D eigenvalue weighted by atomic mass is 10.5. The van der Waals surface area contributed by atoms with Gasteiger partial charge in [0.2, 0.25) is 0 Å². The van der Waals surface area contributed by atoms with Crippen molar-refractivity contribution in [2.24, 2.45) is 0 Å². The third-order valence-electron chi connectivity index (χ3n) is 1.57. The van der Waals surface area contributed by atoms with Gasteiger partial charge in [-0.25, -0.2) is 18.6 Å². The van der Waals surface area contributed by atoms with Crippen LogP contribution in [-0.2, 0) is 19.4 Å². The summed E-state index contributed by atoms with van der Waals surface area (Å²) in [7, 11) is -3.47. The van der Waals surface area contributed by atoms with Gasteiger partial charge in [-0.2, -0.15) is 0 Å². The van der Waals surface area contributed by atoms with E-state index in [0.29, 0.717) is 0 Å². The number of carbonyl (C=O) groups is 2. The van der Waals surface area contributed by atoms with E-state index < -0.39 is 27.1 Å². The Hall–Kier alpha value is -1.31. The van der Waals surface area contributed by atoms with Crippen LogP contribution in [0, 0.1) is 0 Å². The fourth-order valence-electron chi connectivity index (χ4n) is 0.576. The van der Waals surface area contributed by atoms with Crippen LogP contribution >= 0.6 is 0 Å². The summed E-state index contributed by atoms with van der Waals surface area (Å²) >= 11 is 0. The summed E-state index contributed by atoms with van der Waals surface area (Å²) in [5.74, 6) is -0.814. The highest BCUT2D eigenvalue weighted by atomic mass is 32.2. The van der Waals surface area contributed by atoms with Crippen LogP contribution in [0.15, 0.2) is 0 Å². The Morgan fingerprint density at radius 3 is 2.27 bits per heavy atom. The van der Waals surface area contributed by atoms with Crippen LogP contribution in [-0.4, -0.2) is 38.5 Å². The number of ether oxygens (including phenoxy) is 1. The first kappa shape index (κ1) is 13.7. The lowest BCUT2D eigenvalue weighted by Crippen LogP contribution is -2.47. The van der Waals surface area contributed by atoms with E-state index in [1.165, 1.54) is 6.92 Å². The summed E-state index contributed by atoms with van der Waals surface area (Å²) in [4.78, 5) is 21.9. The summed E-state index contributed by atoms with van der Waals surface area (Å²) in [6.45, 7) is 2.97. The van der Waals surface area contributed by atoms with Gasteiger partial charge in [-0.15, -0.1) is 0 Å². The molecule has 0 rings (SSSR count). The molecule has 0 aliphatic carbocycles. The number of carbonyl (C=O) groups excluding carboxylic acids is 2. The largest absolute Gasteiger partial charge is 0.449 e. The Morgan fingerprint density at radius 1 is 1.33 bits per heavy atom. The molecule has 0 radical (unpaired) electrons. The predicted octanol–water partition coefficient (Wildman–Crippen LogP) is -0.803. The molecular weight excluding hydrogens is 224 g/mol. The molecule has 2 amide bonds. The van der Waals surface area contributed by atoms with Crippen LogP contribution in [0.25, 0.3) is 0 Å². The van der Waals surface area contributed by atoms with Crippen LogP contribution in [0.2, 0.25) is 0 Å². The van der Waals surface area contributed by atoms with Crippen LogP contribution in [0.3, 0.4) is 0 Å². The monoisotopic (exact) mass is 238 g/mol. The molecule has 0 heterocycles. The van der Waals surface area contributed by atoms with Crippen LogP contribution < -0.4 is 10.9 Å². The lowest BCUT2D eigenvalue weighted by Gasteiger charge is -2.10. The van der Waals surface area contributed by atoms with Crippen LogP contribution in [0.1, 0.15) is 13.8 Å². The Labute approximate surface area is 88.1 Å². The number of hydrogen-bond donors (Lipinski definition) is 2. The zero-order valence-corrected chi connectivity index (χ0v) is 9.55. The van der Waals surface area contributed by atoms with Gasteiger partial charge in [0, 0.05) is 6.26 Å². The number of sulfone groups is 1. The number of amides is 2. The summed E-state index contributed by atoms with van der Waals surface area (Å²) in [5.41, 5.74) is 3.84. The zero-order chi connectivity index (χ0) is 12.1. The van der Waals surface area contributed by atoms with Gasteiger partial charge in [0.25, 0.3) is 5.91 Å². The number of hydrazine groups is 1. The van der Waals surface area contributed by atoms with E-state index in [2.05, 4.69) is 4.74 Å². The molecule has 0 aliphatic heterocycles. The molecule has 1 atom stereocenters. The van der Waals surface area contributed by atoms with Crippen molar-refractivity contribution in [3.05, 3.63) is 0 Å². The maximum absolute atomic E-state index is 11.1. The molecule has 0 aromatic heterocycles. The molecule has 0 fully saturated rings. The number of hydrogen-bond acceptors (Lipinski definition) is 5. The molecule has 0 unspecified atom stereocenters. The molecular formula is C7H14N2O5S. The second kappa shape index (κ2) is 5.54. The van der Waals surface area contributed by atoms with E-state index in [1.807, 2.05) is 10.9 Å². The summed E-state index contributed by atoms with van der Waals surface area (Å²) in [5, 5.41) is -1.22. The van der Waals surface area contributed by atoms with Crippen molar-refractivity contribution in [1.29, 1.82) is 0 Å². The van der Waals surface area contributed by atoms with Crippen molar-refractivity contribution in [2.45, 2.75) is 19.1 Å². The maximum atomic E-state index is 11.1. The highest BCUT2D eigenvalue weighted by Gasteiger charge is 2.23. The zero-order valence-electron chi connectivity index (χ0n) is 8.73. The molecule has 8 heteroatoms. The van der Waals surface area contributed by atoms with Gasteiger partial charge < -0.3 is 4.74 Å². The summed E-state index contributed by atoms with van der Waals surface area (Å²) < 4.78 is 26.3. The fraction of sp³-hybridized carbons (Fsp3) is 0.714. The van der Waals surface area contributed by atoms with Crippen molar-refractivity contribution in [1.82, 2.24) is 10.9 Å². The van der Waals surface area contributed by atoms with E-state index in [4.69, 9.17) is 0 Å². The molecule has 0 aliphatic rings. The minimum absolute atomic E-state index is 0.156. The first-order valence-electron chi connectivity index (χ1n) is 4.20. The SMILES string of the molecule is CCOC(=O)NNC(=O)[C@@H](C)S(C)(=O)=O. The van der Waals surface area contributed by atoms with Gasteiger partial charge in [0.05, 0.1) is 6.61 Å². The van der Waals surface area contributed by atoms with Crippen LogP contribution in [0.5, 0.6) is 0 Å². The topological polar surface area (TPSA) is 102 Å². The number of rotatable bonds is 3. The average Bonchev–Trinajstić information content (AvgIpc) is 2.12. The molecule has 15 heavy (non-hydrogen) atoms. The van der Waals surface area contributed by atoms with E-state index in [1.54, 1.807) is 6.92 Å². The normalized spacial score (nSPS) is 12.7. The second-order valence-corrected chi connectivity index (χ2v) is 5.17. The highest BCUT2D eigenvalue weighted by Crippen LogP contribution is 1.96. The third-order valence-corrected chi connectivity index (χ3v) is 3.07. The third kappa shape index (κ3) is 5.21. The van der Waals surface area contributed by atoms with E-state index in [-0.39, 0.29) is 6.61 Å². The Balaban J connectivity index is 4.11. The quantitative estimate of drug-likeness (QED) is 0.626. The van der Waals surface area contributed by atoms with Gasteiger partial charge in [0.1, 0.15) is 5.25 Å². The molecule has 2 N–H and O–H groups in total. The van der Waals surface area contributed by atoms with Crippen molar-refractivity contribution in [3.63, 3.8) is 0 Å². The van der Waals surface area contributed by atoms with Gasteiger partial charge in [-0.05, 0) is 13.8 Å². The molecule has 7 nitrogen and oxygen atoms in total. The Morgan fingerprint density at radius 2 is 1.87 bits per heavy atom. The average molecular weight is 238 g/mol. The lowest BCUT2D eigenvalue weighted by molar-refractivity contribution is -0.121. The van der Waals surface area contributed by atoms with Crippen LogP contribution in [0.4, 0.5) is 4.79 Å². The molecule has 0 spiro atoms. The minimum atomic E-state index is -3.47. The van der Waals surface area contributed by atoms with Crippen molar-refractivity contribution in [3.8, 4) is 0 Å². The van der Waals surface area contributed by atoms with Crippen molar-refractivity contribution >= 4 is 21.8 Å². The number of nitrogens with one attached hydrogen (secondary N) is 2. The molecule has 0 aromatic carbocycles. The smallest absolute Gasteiger partial charge is 0.426 e. The molecule has 88 valence electrons. The van der Waals surface area contributed by atoms with Crippen molar-refractivity contribution < 1.29 is 22.7 Å². The first-order chi connectivity index (χ1) is 6.79. The molecule has 0 aromatic rings. The molecule has 0 saturated carbocycles. The maximum Gasteiger partial charge on any atom is 0.426 e. The van der Waals surface area contributed by atoms with Crippen molar-refractivity contribution in [2.75, 3.05) is 12.9 Å². The highest BCUT2D eigenvalue weighted by molar-refractivity contribution is 7.92. The van der Waals surface area contributed by atoms with Gasteiger partial charge >= 0.3 is 6.09 Å². The Kier molecular flexibility index (Phi) is 5.06. The van der Waals surface area contributed by atoms with E-state index in [0.717, 1.165) is 6.26 Å². The van der Waals surface area contributed by atoms with Gasteiger partial charge in [-0.1, -0.05) is 0 Å². The standard InChI is InChI=1S/C7H14N2O5S/c1-4-14-7(11)9-8-6(10)5(2)15(3,12)13/h5H,4H2,1-3H3,(H,8,10)(H,9,11)/t5-/m1/s1. The fourth-order valence-corrected chi connectivity index (χ4v) is 1.02. The van der Waals surface area contributed by atoms with E-state index >= 15 is 0 Å². The first-order valence-corrected chi connectivity index (χ1v) is 6.16. The minimum Gasteiger partial charge on any atom is -0.449 e. The summed E-state index contributed by atoms with van der Waals surface area (Å²) in [6.07, 6.45) is 0.0910. The second-order valence-electron chi connectivity index (χ2n) is 2.81. The van der Waals surface area contributed by atoms with Gasteiger partial charge in [0.15, 0.2) is 9.84 Å². The predicted molar refractivity (Wildman–Crippen MR) is 52.6 cm³/mol. The van der Waals surface area contributed by atoms with Gasteiger partial charge in [-0.3, -0.25) is 10.2 Å². The molecule has 0 saturated heterocycles. The summed E-state index contributed by atoms with van der Waals surface area (Å²) in [6, 6.07) is 0.